The highest BCUT2D eigenvalue weighted by Crippen LogP contribution is 2.26. The second-order valence-electron chi connectivity index (χ2n) is 7.93. The molecule has 0 radical (unpaired) electrons. The minimum absolute atomic E-state index is 0.0532. The van der Waals surface area contributed by atoms with E-state index < -0.39 is 38.5 Å². The molecule has 2 aromatic carbocycles. The minimum atomic E-state index is -4.08. The van der Waals surface area contributed by atoms with Crippen LogP contribution >= 0.6 is 0 Å². The molecule has 1 atom stereocenters. The van der Waals surface area contributed by atoms with Crippen LogP contribution in [0, 0.1) is 11.6 Å². The highest BCUT2D eigenvalue weighted by atomic mass is 32.2. The number of amides is 1. The molecule has 7 nitrogen and oxygen atoms in total. The Kier molecular flexibility index (Phi) is 6.57. The summed E-state index contributed by atoms with van der Waals surface area (Å²) in [6.45, 7) is 0.624. The van der Waals surface area contributed by atoms with Crippen molar-refractivity contribution in [3.05, 3.63) is 83.4 Å². The van der Waals surface area contributed by atoms with E-state index in [1.807, 2.05) is 0 Å². The van der Waals surface area contributed by atoms with Crippen molar-refractivity contribution in [3.8, 4) is 0 Å². The maximum atomic E-state index is 14.6. The van der Waals surface area contributed by atoms with Gasteiger partial charge in [0, 0.05) is 43.7 Å². The Bertz CT molecular complexity index is 1270. The Morgan fingerprint density at radius 2 is 1.79 bits per heavy atom. The van der Waals surface area contributed by atoms with Crippen LogP contribution < -0.4 is 5.32 Å². The van der Waals surface area contributed by atoms with Crippen LogP contribution in [0.25, 0.3) is 0 Å². The molecule has 0 spiro atoms. The monoisotopic (exact) mass is 474 g/mol. The van der Waals surface area contributed by atoms with Gasteiger partial charge in [0.05, 0.1) is 0 Å². The number of aromatic nitrogens is 2. The van der Waals surface area contributed by atoms with Crippen molar-refractivity contribution in [2.45, 2.75) is 30.2 Å². The third-order valence-electron chi connectivity index (χ3n) is 5.73. The molecule has 0 aliphatic carbocycles. The molecule has 1 aromatic heterocycles. The first kappa shape index (κ1) is 23.1. The van der Waals surface area contributed by atoms with Crippen LogP contribution in [-0.4, -0.2) is 41.3 Å². The molecule has 2 heterocycles. The summed E-state index contributed by atoms with van der Waals surface area (Å²) in [6.07, 6.45) is 5.51. The van der Waals surface area contributed by atoms with E-state index in [0.717, 1.165) is 18.6 Å². The molecule has 1 amide bonds. The van der Waals surface area contributed by atoms with Crippen molar-refractivity contribution >= 4 is 15.9 Å². The van der Waals surface area contributed by atoms with E-state index in [9.17, 15) is 22.0 Å². The number of nitrogens with zero attached hydrogens (tertiary/aromatic N) is 3. The summed E-state index contributed by atoms with van der Waals surface area (Å²) in [5.74, 6) is -1.75. The Morgan fingerprint density at radius 1 is 1.06 bits per heavy atom. The zero-order valence-corrected chi connectivity index (χ0v) is 18.9. The summed E-state index contributed by atoms with van der Waals surface area (Å²) in [4.78, 5) is 16.8. The predicted molar refractivity (Wildman–Crippen MR) is 118 cm³/mol. The molecule has 4 rings (SSSR count). The molecule has 1 fully saturated rings. The van der Waals surface area contributed by atoms with E-state index >= 15 is 0 Å². The van der Waals surface area contributed by atoms with Crippen molar-refractivity contribution in [1.29, 1.82) is 0 Å². The van der Waals surface area contributed by atoms with Gasteiger partial charge in [0.25, 0.3) is 5.91 Å². The number of rotatable bonds is 6. The average molecular weight is 475 g/mol. The smallest absolute Gasteiger partial charge is 0.252 e. The van der Waals surface area contributed by atoms with Crippen LogP contribution in [0.2, 0.25) is 0 Å². The van der Waals surface area contributed by atoms with Crippen LogP contribution in [0.5, 0.6) is 0 Å². The van der Waals surface area contributed by atoms with E-state index in [0.29, 0.717) is 31.8 Å². The molecule has 3 aromatic rings. The summed E-state index contributed by atoms with van der Waals surface area (Å²) in [5.41, 5.74) is 0.144. The number of carbonyl (C=O) groups excluding carboxylic acids is 1. The standard InChI is InChI=1S/C23H24F2N4O3S/c1-28-14-11-26-22(28)21(17-7-3-4-8-18(17)24)27-23(30)16-9-10-19(25)20(15-16)33(31,32)29-12-5-2-6-13-29/h3-4,7-11,14-15,21H,2,5-6,12-13H2,1H3,(H,27,30)/t21-/m0/s1. The zero-order valence-electron chi connectivity index (χ0n) is 18.0. The highest BCUT2D eigenvalue weighted by Gasteiger charge is 2.30. The topological polar surface area (TPSA) is 84.3 Å². The third kappa shape index (κ3) is 4.67. The first-order valence-corrected chi connectivity index (χ1v) is 12.1. The van der Waals surface area contributed by atoms with Gasteiger partial charge in [0.15, 0.2) is 0 Å². The second kappa shape index (κ2) is 9.40. The SMILES string of the molecule is Cn1ccnc1[C@@H](NC(=O)c1ccc(F)c(S(=O)(=O)N2CCCCC2)c1)c1ccccc1F. The normalized spacial score (nSPS) is 15.8. The molecule has 10 heteroatoms. The summed E-state index contributed by atoms with van der Waals surface area (Å²) in [5, 5.41) is 2.72. The lowest BCUT2D eigenvalue weighted by Gasteiger charge is -2.26. The van der Waals surface area contributed by atoms with Gasteiger partial charge in [-0.1, -0.05) is 24.6 Å². The molecule has 0 saturated carbocycles. The number of halogens is 2. The number of benzene rings is 2. The van der Waals surface area contributed by atoms with Gasteiger partial charge >= 0.3 is 0 Å². The molecule has 1 aliphatic rings. The van der Waals surface area contributed by atoms with Crippen molar-refractivity contribution in [1.82, 2.24) is 19.2 Å². The Balaban J connectivity index is 1.68. The highest BCUT2D eigenvalue weighted by molar-refractivity contribution is 7.89. The molecule has 0 bridgehead atoms. The van der Waals surface area contributed by atoms with Gasteiger partial charge < -0.3 is 9.88 Å². The van der Waals surface area contributed by atoms with Gasteiger partial charge in [-0.3, -0.25) is 4.79 Å². The molecule has 33 heavy (non-hydrogen) atoms. The van der Waals surface area contributed by atoms with Crippen LogP contribution in [0.4, 0.5) is 8.78 Å². The van der Waals surface area contributed by atoms with E-state index in [2.05, 4.69) is 10.3 Å². The van der Waals surface area contributed by atoms with Gasteiger partial charge in [-0.2, -0.15) is 4.31 Å². The Morgan fingerprint density at radius 3 is 2.45 bits per heavy atom. The lowest BCUT2D eigenvalue weighted by Crippen LogP contribution is -2.36. The molecular formula is C23H24F2N4O3S. The first-order chi connectivity index (χ1) is 15.8. The number of sulfonamides is 1. The van der Waals surface area contributed by atoms with Gasteiger partial charge in [0.2, 0.25) is 10.0 Å². The van der Waals surface area contributed by atoms with Crippen molar-refractivity contribution in [2.24, 2.45) is 7.05 Å². The van der Waals surface area contributed by atoms with Gasteiger partial charge in [-0.05, 0) is 37.1 Å². The number of nitrogens with one attached hydrogen (secondary N) is 1. The van der Waals surface area contributed by atoms with Crippen molar-refractivity contribution < 1.29 is 22.0 Å². The predicted octanol–water partition coefficient (Wildman–Crippen LogP) is 3.39. The number of hydrogen-bond acceptors (Lipinski definition) is 4. The molecule has 1 saturated heterocycles. The third-order valence-corrected chi connectivity index (χ3v) is 7.65. The molecular weight excluding hydrogens is 450 g/mol. The van der Waals surface area contributed by atoms with Crippen LogP contribution in [0.3, 0.4) is 0 Å². The molecule has 1 N–H and O–H groups in total. The average Bonchev–Trinajstić information content (AvgIpc) is 3.24. The van der Waals surface area contributed by atoms with E-state index in [1.165, 1.54) is 34.8 Å². The number of aryl methyl sites for hydroxylation is 1. The van der Waals surface area contributed by atoms with Crippen molar-refractivity contribution in [2.75, 3.05) is 13.1 Å². The Labute approximate surface area is 191 Å². The molecule has 0 unspecified atom stereocenters. The summed E-state index contributed by atoms with van der Waals surface area (Å²) < 4.78 is 58.0. The largest absolute Gasteiger partial charge is 0.338 e. The molecule has 174 valence electrons. The van der Waals surface area contributed by atoms with E-state index in [4.69, 9.17) is 0 Å². The van der Waals surface area contributed by atoms with Crippen LogP contribution in [-0.2, 0) is 17.1 Å². The maximum absolute atomic E-state index is 14.6. The number of imidazole rings is 1. The Hall–Kier alpha value is -3.11. The zero-order chi connectivity index (χ0) is 23.6. The fourth-order valence-corrected chi connectivity index (χ4v) is 5.55. The van der Waals surface area contributed by atoms with Crippen LogP contribution in [0.1, 0.15) is 47.1 Å². The number of hydrogen-bond donors (Lipinski definition) is 1. The van der Waals surface area contributed by atoms with E-state index in [1.54, 1.807) is 23.9 Å². The fraction of sp³-hybridized carbons (Fsp3) is 0.304. The van der Waals surface area contributed by atoms with E-state index in [-0.39, 0.29) is 11.1 Å². The minimum Gasteiger partial charge on any atom is -0.338 e. The first-order valence-electron chi connectivity index (χ1n) is 10.6. The van der Waals surface area contributed by atoms with Gasteiger partial charge in [-0.25, -0.2) is 22.2 Å². The van der Waals surface area contributed by atoms with Gasteiger partial charge in [-0.15, -0.1) is 0 Å². The van der Waals surface area contributed by atoms with Crippen LogP contribution in [0.15, 0.2) is 59.8 Å². The lowest BCUT2D eigenvalue weighted by molar-refractivity contribution is 0.0940. The number of piperidine rings is 1. The lowest BCUT2D eigenvalue weighted by atomic mass is 10.0. The summed E-state index contributed by atoms with van der Waals surface area (Å²) >= 11 is 0. The molecule has 1 aliphatic heterocycles. The summed E-state index contributed by atoms with van der Waals surface area (Å²) in [7, 11) is -2.37. The quantitative estimate of drug-likeness (QED) is 0.594. The fourth-order valence-electron chi connectivity index (χ4n) is 3.95. The summed E-state index contributed by atoms with van der Waals surface area (Å²) in [6, 6.07) is 8.25. The number of carbonyl (C=O) groups is 1. The van der Waals surface area contributed by atoms with Crippen molar-refractivity contribution in [3.63, 3.8) is 0 Å². The van der Waals surface area contributed by atoms with Gasteiger partial charge in [0.1, 0.15) is 28.4 Å². The maximum Gasteiger partial charge on any atom is 0.252 e. The second-order valence-corrected chi connectivity index (χ2v) is 9.84.